The number of rotatable bonds is 3. The predicted octanol–water partition coefficient (Wildman–Crippen LogP) is 3.51. The minimum Gasteiger partial charge on any atom is -0.333 e. The molecule has 0 bridgehead atoms. The standard InChI is InChI=1S/C27H24N4O3/c1-16(32)34-31-24-14-19-7-3-2-6-18(19)13-21(24)29-26(27(31)33)25-20-12-17(15-28)9-10-22(20)30-11-5-4-8-23(25)30/h2-8,11,13-14,17H,9-10,12,15,28H2,1H3. The molecule has 0 fully saturated rings. The first-order valence-corrected chi connectivity index (χ1v) is 11.5. The number of nitrogens with zero attached hydrogens (tertiary/aromatic N) is 3. The Kier molecular flexibility index (Phi) is 4.74. The van der Waals surface area contributed by atoms with Crippen molar-refractivity contribution in [3.05, 3.63) is 82.4 Å². The van der Waals surface area contributed by atoms with E-state index in [1.807, 2.05) is 60.8 Å². The third-order valence-electron chi connectivity index (χ3n) is 6.81. The molecule has 0 saturated heterocycles. The van der Waals surface area contributed by atoms with Gasteiger partial charge in [-0.25, -0.2) is 9.78 Å². The molecule has 34 heavy (non-hydrogen) atoms. The number of pyridine rings is 1. The summed E-state index contributed by atoms with van der Waals surface area (Å²) in [7, 11) is 0. The van der Waals surface area contributed by atoms with E-state index in [4.69, 9.17) is 15.6 Å². The third-order valence-corrected chi connectivity index (χ3v) is 6.81. The normalized spacial score (nSPS) is 15.6. The molecule has 1 aliphatic carbocycles. The van der Waals surface area contributed by atoms with Crippen molar-refractivity contribution >= 4 is 33.3 Å². The van der Waals surface area contributed by atoms with Gasteiger partial charge in [0.15, 0.2) is 0 Å². The van der Waals surface area contributed by atoms with E-state index in [9.17, 15) is 9.59 Å². The molecule has 5 aromatic rings. The molecule has 2 N–H and O–H groups in total. The van der Waals surface area contributed by atoms with Gasteiger partial charge in [0.1, 0.15) is 11.2 Å². The van der Waals surface area contributed by atoms with Gasteiger partial charge in [-0.15, -0.1) is 4.73 Å². The Balaban J connectivity index is 1.72. The smallest absolute Gasteiger partial charge is 0.330 e. The molecule has 1 unspecified atom stereocenters. The highest BCUT2D eigenvalue weighted by atomic mass is 16.7. The van der Waals surface area contributed by atoms with Crippen molar-refractivity contribution in [1.82, 2.24) is 14.1 Å². The highest BCUT2D eigenvalue weighted by Crippen LogP contribution is 2.37. The Labute approximate surface area is 195 Å². The number of carbonyl (C=O) groups excluding carboxylic acids is 1. The molecule has 1 atom stereocenters. The van der Waals surface area contributed by atoms with Crippen molar-refractivity contribution in [2.24, 2.45) is 11.7 Å². The molecule has 3 heterocycles. The number of fused-ring (bicyclic) bond motifs is 5. The summed E-state index contributed by atoms with van der Waals surface area (Å²) in [4.78, 5) is 36.1. The van der Waals surface area contributed by atoms with Gasteiger partial charge in [0.05, 0.1) is 11.0 Å². The number of carbonyl (C=O) groups is 1. The lowest BCUT2D eigenvalue weighted by Gasteiger charge is -2.22. The molecule has 0 radical (unpaired) electrons. The third kappa shape index (κ3) is 3.12. The zero-order valence-electron chi connectivity index (χ0n) is 18.8. The Bertz CT molecular complexity index is 1660. The first-order valence-electron chi connectivity index (χ1n) is 11.5. The lowest BCUT2D eigenvalue weighted by Crippen LogP contribution is -2.32. The van der Waals surface area contributed by atoms with Gasteiger partial charge in [0, 0.05) is 24.4 Å². The molecule has 170 valence electrons. The highest BCUT2D eigenvalue weighted by Gasteiger charge is 2.29. The maximum absolute atomic E-state index is 13.8. The van der Waals surface area contributed by atoms with E-state index in [0.717, 1.165) is 51.4 Å². The Morgan fingerprint density at radius 1 is 1.12 bits per heavy atom. The van der Waals surface area contributed by atoms with E-state index in [0.29, 0.717) is 23.5 Å². The molecule has 3 aromatic heterocycles. The number of nitrogens with two attached hydrogens (primary N) is 1. The van der Waals surface area contributed by atoms with Crippen LogP contribution in [-0.2, 0) is 17.6 Å². The SMILES string of the molecule is CC(=O)On1c(=O)c(-c2c3c(n4ccccc24)CCC(CN)C3)nc2cc3ccccc3cc21. The number of hydrogen-bond acceptors (Lipinski definition) is 5. The Morgan fingerprint density at radius 3 is 2.65 bits per heavy atom. The van der Waals surface area contributed by atoms with Crippen LogP contribution < -0.4 is 16.1 Å². The van der Waals surface area contributed by atoms with Crippen molar-refractivity contribution < 1.29 is 9.63 Å². The van der Waals surface area contributed by atoms with Gasteiger partial charge in [-0.3, -0.25) is 4.79 Å². The van der Waals surface area contributed by atoms with Crippen LogP contribution in [0.3, 0.4) is 0 Å². The topological polar surface area (TPSA) is 91.6 Å². The molecule has 2 aromatic carbocycles. The molecule has 0 saturated carbocycles. The average Bonchev–Trinajstić information content (AvgIpc) is 3.18. The summed E-state index contributed by atoms with van der Waals surface area (Å²) in [6, 6.07) is 17.6. The van der Waals surface area contributed by atoms with Crippen LogP contribution >= 0.6 is 0 Å². The van der Waals surface area contributed by atoms with Gasteiger partial charge >= 0.3 is 11.5 Å². The highest BCUT2D eigenvalue weighted by molar-refractivity contribution is 5.96. The lowest BCUT2D eigenvalue weighted by atomic mass is 9.85. The van der Waals surface area contributed by atoms with Crippen molar-refractivity contribution in [2.75, 3.05) is 6.54 Å². The summed E-state index contributed by atoms with van der Waals surface area (Å²) < 4.78 is 3.24. The molecule has 7 nitrogen and oxygen atoms in total. The average molecular weight is 453 g/mol. The zero-order valence-corrected chi connectivity index (χ0v) is 18.8. The molecule has 0 amide bonds. The molecule has 6 rings (SSSR count). The summed E-state index contributed by atoms with van der Waals surface area (Å²) in [5, 5.41) is 1.93. The second kappa shape index (κ2) is 7.81. The van der Waals surface area contributed by atoms with Crippen LogP contribution in [0.25, 0.3) is 38.6 Å². The second-order valence-electron chi connectivity index (χ2n) is 8.93. The van der Waals surface area contributed by atoms with Crippen LogP contribution in [0.5, 0.6) is 0 Å². The minimum absolute atomic E-state index is 0.284. The van der Waals surface area contributed by atoms with Crippen LogP contribution in [0.4, 0.5) is 0 Å². The van der Waals surface area contributed by atoms with Gasteiger partial charge in [-0.2, -0.15) is 0 Å². The van der Waals surface area contributed by atoms with E-state index >= 15 is 0 Å². The van der Waals surface area contributed by atoms with Gasteiger partial charge in [0.25, 0.3) is 0 Å². The summed E-state index contributed by atoms with van der Waals surface area (Å²) in [5.74, 6) is -0.218. The fourth-order valence-electron chi connectivity index (χ4n) is 5.24. The van der Waals surface area contributed by atoms with Gasteiger partial charge in [-0.05, 0) is 72.3 Å². The maximum Gasteiger partial charge on any atom is 0.330 e. The first-order chi connectivity index (χ1) is 16.5. The summed E-state index contributed by atoms with van der Waals surface area (Å²) in [6.45, 7) is 1.89. The molecule has 0 spiro atoms. The Hall–Kier alpha value is -3.97. The Morgan fingerprint density at radius 2 is 1.88 bits per heavy atom. The predicted molar refractivity (Wildman–Crippen MR) is 132 cm³/mol. The quantitative estimate of drug-likeness (QED) is 0.423. The summed E-state index contributed by atoms with van der Waals surface area (Å²) in [5.41, 5.74) is 10.9. The van der Waals surface area contributed by atoms with Crippen LogP contribution in [0, 0.1) is 5.92 Å². The molecular weight excluding hydrogens is 428 g/mol. The monoisotopic (exact) mass is 452 g/mol. The summed E-state index contributed by atoms with van der Waals surface area (Å²) in [6.07, 6.45) is 4.71. The van der Waals surface area contributed by atoms with Crippen molar-refractivity contribution in [1.29, 1.82) is 0 Å². The van der Waals surface area contributed by atoms with Crippen LogP contribution in [-0.4, -0.2) is 26.6 Å². The van der Waals surface area contributed by atoms with Gasteiger partial charge in [-0.1, -0.05) is 30.3 Å². The van der Waals surface area contributed by atoms with E-state index in [1.54, 1.807) is 0 Å². The van der Waals surface area contributed by atoms with Crippen LogP contribution in [0.15, 0.2) is 65.6 Å². The number of hydrogen-bond donors (Lipinski definition) is 1. The van der Waals surface area contributed by atoms with Crippen molar-refractivity contribution in [3.8, 4) is 11.3 Å². The second-order valence-corrected chi connectivity index (χ2v) is 8.93. The minimum atomic E-state index is -0.569. The molecular formula is C27H24N4O3. The van der Waals surface area contributed by atoms with Crippen LogP contribution in [0.1, 0.15) is 24.6 Å². The van der Waals surface area contributed by atoms with Gasteiger partial charge in [0.2, 0.25) is 0 Å². The fraction of sp³-hybridized carbons (Fsp3) is 0.222. The lowest BCUT2D eigenvalue weighted by molar-refractivity contribution is -0.141. The number of benzene rings is 2. The van der Waals surface area contributed by atoms with Crippen molar-refractivity contribution in [3.63, 3.8) is 0 Å². The van der Waals surface area contributed by atoms with E-state index in [2.05, 4.69) is 4.40 Å². The van der Waals surface area contributed by atoms with E-state index < -0.39 is 11.5 Å². The van der Waals surface area contributed by atoms with E-state index in [-0.39, 0.29) is 5.69 Å². The maximum atomic E-state index is 13.8. The molecule has 7 heteroatoms. The largest absolute Gasteiger partial charge is 0.333 e. The van der Waals surface area contributed by atoms with Gasteiger partial charge < -0.3 is 15.0 Å². The van der Waals surface area contributed by atoms with Crippen molar-refractivity contribution in [2.45, 2.75) is 26.2 Å². The first kappa shape index (κ1) is 20.6. The summed E-state index contributed by atoms with van der Waals surface area (Å²) >= 11 is 0. The number of aromatic nitrogens is 3. The zero-order chi connectivity index (χ0) is 23.4. The van der Waals surface area contributed by atoms with Crippen LogP contribution in [0.2, 0.25) is 0 Å². The molecule has 0 aliphatic heterocycles. The number of aryl methyl sites for hydroxylation is 1. The molecule has 1 aliphatic rings. The van der Waals surface area contributed by atoms with E-state index in [1.165, 1.54) is 12.6 Å². The fourth-order valence-corrected chi connectivity index (χ4v) is 5.24.